The van der Waals surface area contributed by atoms with Gasteiger partial charge in [0, 0.05) is 19.3 Å². The number of amides is 1. The van der Waals surface area contributed by atoms with E-state index < -0.39 is 0 Å². The van der Waals surface area contributed by atoms with Crippen LogP contribution in [0.4, 0.5) is 11.4 Å². The van der Waals surface area contributed by atoms with Crippen molar-refractivity contribution in [3.05, 3.63) is 53.3 Å². The van der Waals surface area contributed by atoms with Crippen LogP contribution in [0.15, 0.2) is 42.7 Å². The topological polar surface area (TPSA) is 54.5 Å². The van der Waals surface area contributed by atoms with Crippen LogP contribution in [0.25, 0.3) is 0 Å². The van der Waals surface area contributed by atoms with E-state index in [4.69, 9.17) is 16.3 Å². The van der Waals surface area contributed by atoms with Crippen LogP contribution in [-0.2, 0) is 4.74 Å². The Hall–Kier alpha value is -2.11. The lowest BCUT2D eigenvalue weighted by atomic mass is 10.2. The molecule has 1 aliphatic rings. The standard InChI is InChI=1S/C16H16ClN3O2/c17-14-3-1-2-4-15(14)19-13-9-12(10-18-11-13)16(21)20-5-7-22-8-6-20/h1-4,9-11,19H,5-8H2. The first kappa shape index (κ1) is 14.8. The van der Waals surface area contributed by atoms with E-state index >= 15 is 0 Å². The van der Waals surface area contributed by atoms with Crippen molar-refractivity contribution in [1.29, 1.82) is 0 Å². The molecule has 0 unspecified atom stereocenters. The third kappa shape index (κ3) is 3.37. The minimum atomic E-state index is -0.0291. The van der Waals surface area contributed by atoms with Crippen molar-refractivity contribution in [3.8, 4) is 0 Å². The molecule has 5 nitrogen and oxygen atoms in total. The van der Waals surface area contributed by atoms with Crippen LogP contribution in [0.1, 0.15) is 10.4 Å². The number of ether oxygens (including phenoxy) is 1. The Morgan fingerprint density at radius 3 is 2.77 bits per heavy atom. The molecule has 0 atom stereocenters. The van der Waals surface area contributed by atoms with Crippen molar-refractivity contribution < 1.29 is 9.53 Å². The smallest absolute Gasteiger partial charge is 0.255 e. The number of aromatic nitrogens is 1. The summed E-state index contributed by atoms with van der Waals surface area (Å²) in [6.07, 6.45) is 3.25. The van der Waals surface area contributed by atoms with Crippen LogP contribution in [-0.4, -0.2) is 42.1 Å². The molecule has 1 fully saturated rings. The summed E-state index contributed by atoms with van der Waals surface area (Å²) < 4.78 is 5.27. The molecule has 1 aromatic heterocycles. The summed E-state index contributed by atoms with van der Waals surface area (Å²) in [5, 5.41) is 3.80. The average molecular weight is 318 g/mol. The zero-order chi connectivity index (χ0) is 15.4. The first-order chi connectivity index (χ1) is 10.7. The van der Waals surface area contributed by atoms with Gasteiger partial charge in [-0.1, -0.05) is 23.7 Å². The first-order valence-electron chi connectivity index (χ1n) is 7.07. The Morgan fingerprint density at radius 2 is 2.00 bits per heavy atom. The zero-order valence-corrected chi connectivity index (χ0v) is 12.7. The average Bonchev–Trinajstić information content (AvgIpc) is 2.57. The van der Waals surface area contributed by atoms with Gasteiger partial charge < -0.3 is 15.0 Å². The molecular formula is C16H16ClN3O2. The van der Waals surface area contributed by atoms with E-state index in [-0.39, 0.29) is 5.91 Å². The van der Waals surface area contributed by atoms with Crippen molar-refractivity contribution in [2.24, 2.45) is 0 Å². The zero-order valence-electron chi connectivity index (χ0n) is 12.0. The van der Waals surface area contributed by atoms with Gasteiger partial charge in [0.25, 0.3) is 5.91 Å². The highest BCUT2D eigenvalue weighted by Gasteiger charge is 2.19. The maximum absolute atomic E-state index is 12.4. The number of hydrogen-bond donors (Lipinski definition) is 1. The molecule has 2 heterocycles. The molecule has 0 radical (unpaired) electrons. The molecule has 6 heteroatoms. The second-order valence-corrected chi connectivity index (χ2v) is 5.38. The number of para-hydroxylation sites is 1. The predicted octanol–water partition coefficient (Wildman–Crippen LogP) is 2.95. The fraction of sp³-hybridized carbons (Fsp3) is 0.250. The maximum atomic E-state index is 12.4. The lowest BCUT2D eigenvalue weighted by molar-refractivity contribution is 0.0302. The number of carbonyl (C=O) groups is 1. The highest BCUT2D eigenvalue weighted by atomic mass is 35.5. The minimum Gasteiger partial charge on any atom is -0.378 e. The second kappa shape index (κ2) is 6.77. The summed E-state index contributed by atoms with van der Waals surface area (Å²) in [5.74, 6) is -0.0291. The van der Waals surface area contributed by atoms with E-state index in [0.717, 1.165) is 11.4 Å². The number of halogens is 1. The Kier molecular flexibility index (Phi) is 4.56. The van der Waals surface area contributed by atoms with Crippen molar-refractivity contribution in [2.75, 3.05) is 31.6 Å². The largest absolute Gasteiger partial charge is 0.378 e. The number of pyridine rings is 1. The fourth-order valence-electron chi connectivity index (χ4n) is 2.29. The quantitative estimate of drug-likeness (QED) is 0.945. The van der Waals surface area contributed by atoms with Crippen LogP contribution in [0.2, 0.25) is 5.02 Å². The summed E-state index contributed by atoms with van der Waals surface area (Å²) in [6.45, 7) is 2.38. The highest BCUT2D eigenvalue weighted by Crippen LogP contribution is 2.25. The van der Waals surface area contributed by atoms with Crippen molar-refractivity contribution in [1.82, 2.24) is 9.88 Å². The van der Waals surface area contributed by atoms with Gasteiger partial charge in [-0.3, -0.25) is 9.78 Å². The normalized spacial score (nSPS) is 14.7. The van der Waals surface area contributed by atoms with Gasteiger partial charge in [0.15, 0.2) is 0 Å². The highest BCUT2D eigenvalue weighted by molar-refractivity contribution is 6.33. The maximum Gasteiger partial charge on any atom is 0.255 e. The second-order valence-electron chi connectivity index (χ2n) is 4.97. The lowest BCUT2D eigenvalue weighted by Crippen LogP contribution is -2.40. The third-order valence-electron chi connectivity index (χ3n) is 3.44. The summed E-state index contributed by atoms with van der Waals surface area (Å²) >= 11 is 6.13. The van der Waals surface area contributed by atoms with Crippen molar-refractivity contribution in [3.63, 3.8) is 0 Å². The number of carbonyl (C=O) groups excluding carboxylic acids is 1. The van der Waals surface area contributed by atoms with E-state index in [2.05, 4.69) is 10.3 Å². The predicted molar refractivity (Wildman–Crippen MR) is 85.7 cm³/mol. The lowest BCUT2D eigenvalue weighted by Gasteiger charge is -2.26. The Morgan fingerprint density at radius 1 is 1.23 bits per heavy atom. The molecule has 0 aliphatic carbocycles. The molecule has 1 saturated heterocycles. The molecular weight excluding hydrogens is 302 g/mol. The number of nitrogens with one attached hydrogen (secondary N) is 1. The van der Waals surface area contributed by atoms with E-state index in [0.29, 0.717) is 36.9 Å². The SMILES string of the molecule is O=C(c1cncc(Nc2ccccc2Cl)c1)N1CCOCC1. The fourth-order valence-corrected chi connectivity index (χ4v) is 2.48. The summed E-state index contributed by atoms with van der Waals surface area (Å²) in [7, 11) is 0. The molecule has 2 aromatic rings. The molecule has 114 valence electrons. The van der Waals surface area contributed by atoms with Gasteiger partial charge in [-0.25, -0.2) is 0 Å². The Balaban J connectivity index is 1.77. The number of rotatable bonds is 3. The van der Waals surface area contributed by atoms with Gasteiger partial charge in [-0.2, -0.15) is 0 Å². The van der Waals surface area contributed by atoms with Crippen LogP contribution in [0, 0.1) is 0 Å². The summed E-state index contributed by atoms with van der Waals surface area (Å²) in [4.78, 5) is 18.4. The summed E-state index contributed by atoms with van der Waals surface area (Å²) in [5.41, 5.74) is 2.06. The first-order valence-corrected chi connectivity index (χ1v) is 7.45. The van der Waals surface area contributed by atoms with Crippen molar-refractivity contribution in [2.45, 2.75) is 0 Å². The Labute approximate surface area is 133 Å². The van der Waals surface area contributed by atoms with E-state index in [9.17, 15) is 4.79 Å². The van der Waals surface area contributed by atoms with Gasteiger partial charge >= 0.3 is 0 Å². The number of morpholine rings is 1. The molecule has 1 N–H and O–H groups in total. The number of benzene rings is 1. The molecule has 22 heavy (non-hydrogen) atoms. The number of nitrogens with zero attached hydrogens (tertiary/aromatic N) is 2. The molecule has 0 saturated carbocycles. The third-order valence-corrected chi connectivity index (χ3v) is 3.77. The molecule has 1 aromatic carbocycles. The van der Waals surface area contributed by atoms with Crippen LogP contribution >= 0.6 is 11.6 Å². The van der Waals surface area contributed by atoms with E-state index in [1.807, 2.05) is 18.2 Å². The minimum absolute atomic E-state index is 0.0291. The van der Waals surface area contributed by atoms with Gasteiger partial charge in [-0.05, 0) is 18.2 Å². The van der Waals surface area contributed by atoms with Crippen LogP contribution < -0.4 is 5.32 Å². The van der Waals surface area contributed by atoms with Gasteiger partial charge in [0.05, 0.1) is 41.4 Å². The van der Waals surface area contributed by atoms with Gasteiger partial charge in [0.1, 0.15) is 0 Å². The van der Waals surface area contributed by atoms with Gasteiger partial charge in [0.2, 0.25) is 0 Å². The van der Waals surface area contributed by atoms with Gasteiger partial charge in [-0.15, -0.1) is 0 Å². The van der Waals surface area contributed by atoms with E-state index in [1.165, 1.54) is 0 Å². The summed E-state index contributed by atoms with van der Waals surface area (Å²) in [6, 6.07) is 9.22. The van der Waals surface area contributed by atoms with E-state index in [1.54, 1.807) is 29.4 Å². The Bertz CT molecular complexity index is 672. The monoisotopic (exact) mass is 317 g/mol. The molecule has 0 spiro atoms. The molecule has 1 aliphatic heterocycles. The molecule has 3 rings (SSSR count). The number of anilines is 2. The van der Waals surface area contributed by atoms with Crippen molar-refractivity contribution >= 4 is 28.9 Å². The van der Waals surface area contributed by atoms with Crippen LogP contribution in [0.3, 0.4) is 0 Å². The molecule has 1 amide bonds. The number of hydrogen-bond acceptors (Lipinski definition) is 4. The molecule has 0 bridgehead atoms. The van der Waals surface area contributed by atoms with Crippen LogP contribution in [0.5, 0.6) is 0 Å².